The van der Waals surface area contributed by atoms with Gasteiger partial charge in [0.25, 0.3) is 0 Å². The van der Waals surface area contributed by atoms with Crippen molar-refractivity contribution in [2.75, 3.05) is 26.7 Å². The van der Waals surface area contributed by atoms with Crippen LogP contribution >= 0.6 is 0 Å². The number of nitrogens with zero attached hydrogens (tertiary/aromatic N) is 1. The Morgan fingerprint density at radius 1 is 1.16 bits per heavy atom. The van der Waals surface area contributed by atoms with Gasteiger partial charge >= 0.3 is 0 Å². The monoisotopic (exact) mass is 510 g/mol. The number of fused-ring (bicyclic) bond motifs is 2. The summed E-state index contributed by atoms with van der Waals surface area (Å²) in [4.78, 5) is 16.6. The number of ether oxygens (including phenoxy) is 1. The molecule has 4 atom stereocenters. The van der Waals surface area contributed by atoms with Crippen LogP contribution < -0.4 is 10.1 Å². The molecule has 3 aliphatic rings. The van der Waals surface area contributed by atoms with Crippen molar-refractivity contribution in [3.8, 4) is 5.75 Å². The second-order valence-corrected chi connectivity index (χ2v) is 11.2. The van der Waals surface area contributed by atoms with E-state index in [1.807, 2.05) is 12.1 Å². The number of benzene rings is 2. The van der Waals surface area contributed by atoms with Crippen molar-refractivity contribution in [3.05, 3.63) is 64.7 Å². The second-order valence-electron chi connectivity index (χ2n) is 11.2. The van der Waals surface area contributed by atoms with Crippen LogP contribution in [-0.4, -0.2) is 43.6 Å². The third-order valence-corrected chi connectivity index (χ3v) is 9.61. The molecule has 1 amide bonds. The van der Waals surface area contributed by atoms with E-state index >= 15 is 4.39 Å². The zero-order valence-corrected chi connectivity index (χ0v) is 22.4. The van der Waals surface area contributed by atoms with Crippen LogP contribution in [0, 0.1) is 23.5 Å². The first-order chi connectivity index (χ1) is 17.9. The second kappa shape index (κ2) is 10.7. The number of carbonyl (C=O) groups excluding carboxylic acids is 1. The van der Waals surface area contributed by atoms with E-state index in [9.17, 15) is 9.18 Å². The van der Waals surface area contributed by atoms with Crippen LogP contribution in [0.25, 0.3) is 0 Å². The Bertz CT molecular complexity index is 1130. The summed E-state index contributed by atoms with van der Waals surface area (Å²) in [6, 6.07) is 10.3. The maximum Gasteiger partial charge on any atom is 0.228 e. The highest BCUT2D eigenvalue weighted by Crippen LogP contribution is 2.50. The Labute approximate surface area is 219 Å². The number of piperidine rings is 1. The van der Waals surface area contributed by atoms with Crippen molar-refractivity contribution in [3.63, 3.8) is 0 Å². The fourth-order valence-electron chi connectivity index (χ4n) is 7.73. The number of amides is 1. The average molecular weight is 511 g/mol. The lowest BCUT2D eigenvalue weighted by Gasteiger charge is -2.47. The van der Waals surface area contributed by atoms with Crippen molar-refractivity contribution in [2.24, 2.45) is 11.8 Å². The van der Waals surface area contributed by atoms with E-state index in [1.165, 1.54) is 12.1 Å². The Balaban J connectivity index is 1.49. The van der Waals surface area contributed by atoms with E-state index in [1.54, 1.807) is 19.2 Å². The van der Waals surface area contributed by atoms with E-state index < -0.39 is 5.41 Å². The van der Waals surface area contributed by atoms with Crippen LogP contribution in [0.3, 0.4) is 0 Å². The van der Waals surface area contributed by atoms with Crippen molar-refractivity contribution >= 4 is 5.91 Å². The maximum absolute atomic E-state index is 15.5. The molecule has 0 unspecified atom stereocenters. The van der Waals surface area contributed by atoms with E-state index in [2.05, 4.69) is 24.1 Å². The zero-order chi connectivity index (χ0) is 26.2. The molecule has 1 N–H and O–H groups in total. The third-order valence-electron chi connectivity index (χ3n) is 9.61. The molecule has 2 saturated heterocycles. The van der Waals surface area contributed by atoms with E-state index in [0.29, 0.717) is 36.9 Å². The first-order valence-electron chi connectivity index (χ1n) is 14.1. The van der Waals surface area contributed by atoms with Crippen molar-refractivity contribution in [1.82, 2.24) is 10.2 Å². The molecule has 5 rings (SSSR count). The quantitative estimate of drug-likeness (QED) is 0.520. The Morgan fingerprint density at radius 3 is 2.68 bits per heavy atom. The summed E-state index contributed by atoms with van der Waals surface area (Å²) < 4.78 is 35.8. The molecule has 0 saturated carbocycles. The summed E-state index contributed by atoms with van der Waals surface area (Å²) in [6.45, 7) is 6.13. The molecule has 2 fully saturated rings. The average Bonchev–Trinajstić information content (AvgIpc) is 3.33. The standard InChI is InChI=1S/C31H40F2N2O2/c1-4-20(5-2)27-17-21(22-9-6-7-11-25(22)32)14-16-35(27)30(36)24-18-34-19-31(24)15-8-10-23-28(37-3)13-12-26(33)29(23)31/h6-7,9,11-13,20-21,24,27,34H,4-5,8,10,14-19H2,1-3H3/t21-,24+,27+,31-/m1/s1. The topological polar surface area (TPSA) is 41.6 Å². The van der Waals surface area contributed by atoms with E-state index in [0.717, 1.165) is 56.1 Å². The Kier molecular flexibility index (Phi) is 7.58. The van der Waals surface area contributed by atoms with Crippen LogP contribution in [0.15, 0.2) is 36.4 Å². The van der Waals surface area contributed by atoms with Crippen LogP contribution in [0.1, 0.15) is 75.0 Å². The summed E-state index contributed by atoms with van der Waals surface area (Å²) in [5, 5.41) is 3.47. The lowest BCUT2D eigenvalue weighted by atomic mass is 9.63. The van der Waals surface area contributed by atoms with Crippen LogP contribution in [0.4, 0.5) is 8.78 Å². The SMILES string of the molecule is CCC(CC)[C@@H]1C[C@H](c2ccccc2F)CCN1C(=O)[C@@H]1CNC[C@]12CCCc1c(OC)ccc(F)c12. The van der Waals surface area contributed by atoms with Gasteiger partial charge in [0.1, 0.15) is 17.4 Å². The molecule has 2 aromatic carbocycles. The molecule has 1 aliphatic carbocycles. The summed E-state index contributed by atoms with van der Waals surface area (Å²) >= 11 is 0. The number of likely N-dealkylation sites (tertiary alicyclic amines) is 1. The van der Waals surface area contributed by atoms with Gasteiger partial charge < -0.3 is 15.0 Å². The summed E-state index contributed by atoms with van der Waals surface area (Å²) in [6.07, 6.45) is 5.91. The summed E-state index contributed by atoms with van der Waals surface area (Å²) in [5.41, 5.74) is 1.80. The van der Waals surface area contributed by atoms with Gasteiger partial charge in [-0.1, -0.05) is 44.9 Å². The number of nitrogens with one attached hydrogen (secondary N) is 1. The number of halogens is 2. The molecule has 4 nitrogen and oxygen atoms in total. The molecule has 1 spiro atoms. The highest BCUT2D eigenvalue weighted by Gasteiger charge is 2.54. The molecule has 0 bridgehead atoms. The summed E-state index contributed by atoms with van der Waals surface area (Å²) in [5.74, 6) is 0.584. The highest BCUT2D eigenvalue weighted by molar-refractivity contribution is 5.82. The predicted molar refractivity (Wildman–Crippen MR) is 142 cm³/mol. The molecule has 2 aliphatic heterocycles. The number of methoxy groups -OCH3 is 1. The smallest absolute Gasteiger partial charge is 0.228 e. The first-order valence-corrected chi connectivity index (χ1v) is 14.1. The molecule has 6 heteroatoms. The lowest BCUT2D eigenvalue weighted by Crippen LogP contribution is -2.55. The highest BCUT2D eigenvalue weighted by atomic mass is 19.1. The van der Waals surface area contributed by atoms with Gasteiger partial charge in [-0.25, -0.2) is 8.78 Å². The number of hydrogen-bond acceptors (Lipinski definition) is 3. The van der Waals surface area contributed by atoms with Gasteiger partial charge in [0, 0.05) is 42.2 Å². The van der Waals surface area contributed by atoms with Gasteiger partial charge in [-0.3, -0.25) is 4.79 Å². The summed E-state index contributed by atoms with van der Waals surface area (Å²) in [7, 11) is 1.63. The van der Waals surface area contributed by atoms with Gasteiger partial charge in [-0.05, 0) is 67.7 Å². The Hall–Kier alpha value is -2.47. The van der Waals surface area contributed by atoms with Gasteiger partial charge in [-0.2, -0.15) is 0 Å². The molecule has 37 heavy (non-hydrogen) atoms. The van der Waals surface area contributed by atoms with Crippen LogP contribution in [0.5, 0.6) is 5.75 Å². The molecule has 200 valence electrons. The van der Waals surface area contributed by atoms with Crippen LogP contribution in [0.2, 0.25) is 0 Å². The maximum atomic E-state index is 15.5. The van der Waals surface area contributed by atoms with Gasteiger partial charge in [-0.15, -0.1) is 0 Å². The largest absolute Gasteiger partial charge is 0.496 e. The van der Waals surface area contributed by atoms with Gasteiger partial charge in [0.15, 0.2) is 0 Å². The zero-order valence-electron chi connectivity index (χ0n) is 22.4. The van der Waals surface area contributed by atoms with Crippen molar-refractivity contribution in [1.29, 1.82) is 0 Å². The molecule has 0 aromatic heterocycles. The van der Waals surface area contributed by atoms with Crippen molar-refractivity contribution < 1.29 is 18.3 Å². The van der Waals surface area contributed by atoms with E-state index in [4.69, 9.17) is 4.74 Å². The molecule has 2 aromatic rings. The number of carbonyl (C=O) groups is 1. The minimum Gasteiger partial charge on any atom is -0.496 e. The first kappa shape index (κ1) is 26.1. The van der Waals surface area contributed by atoms with E-state index in [-0.39, 0.29) is 35.4 Å². The predicted octanol–water partition coefficient (Wildman–Crippen LogP) is 5.98. The molecular formula is C31H40F2N2O2. The van der Waals surface area contributed by atoms with Crippen molar-refractivity contribution in [2.45, 2.75) is 76.2 Å². The number of rotatable bonds is 6. The van der Waals surface area contributed by atoms with Gasteiger partial charge in [0.05, 0.1) is 13.0 Å². The fourth-order valence-corrected chi connectivity index (χ4v) is 7.73. The number of hydrogen-bond donors (Lipinski definition) is 1. The fraction of sp³-hybridized carbons (Fsp3) is 0.581. The molecular weight excluding hydrogens is 470 g/mol. The molecule has 0 radical (unpaired) electrons. The minimum atomic E-state index is -0.565. The lowest BCUT2D eigenvalue weighted by molar-refractivity contribution is -0.142. The van der Waals surface area contributed by atoms with Crippen LogP contribution in [-0.2, 0) is 16.6 Å². The minimum absolute atomic E-state index is 0.0525. The normalized spacial score (nSPS) is 27.5. The Morgan fingerprint density at radius 2 is 1.95 bits per heavy atom. The van der Waals surface area contributed by atoms with Gasteiger partial charge in [0.2, 0.25) is 5.91 Å². The molecule has 2 heterocycles. The third kappa shape index (κ3) is 4.45.